The Hall–Kier alpha value is -3.32. The van der Waals surface area contributed by atoms with Crippen LogP contribution in [0, 0.1) is 25.5 Å². The number of anilines is 1. The van der Waals surface area contributed by atoms with Crippen LogP contribution in [0.2, 0.25) is 0 Å². The Bertz CT molecular complexity index is 1250. The minimum absolute atomic E-state index is 0.00210. The number of rotatable bonds is 4. The summed E-state index contributed by atoms with van der Waals surface area (Å²) in [6.07, 6.45) is 4.32. The molecule has 34 heavy (non-hydrogen) atoms. The molecule has 1 fully saturated rings. The Labute approximate surface area is 197 Å². The first-order chi connectivity index (χ1) is 16.4. The number of hydrogen-bond donors (Lipinski definition) is 1. The first-order valence-corrected chi connectivity index (χ1v) is 11.7. The molecule has 0 atom stereocenters. The molecule has 0 bridgehead atoms. The number of oxazole rings is 1. The van der Waals surface area contributed by atoms with Crippen molar-refractivity contribution < 1.29 is 18.0 Å². The Morgan fingerprint density at radius 2 is 1.79 bits per heavy atom. The van der Waals surface area contributed by atoms with E-state index in [1.807, 2.05) is 32.0 Å². The highest BCUT2D eigenvalue weighted by Gasteiger charge is 2.30. The number of carbonyl (C=O) groups excluding carboxylic acids is 1. The fourth-order valence-corrected chi connectivity index (χ4v) is 4.86. The predicted molar refractivity (Wildman–Crippen MR) is 127 cm³/mol. The van der Waals surface area contributed by atoms with Crippen LogP contribution in [0.25, 0.3) is 16.9 Å². The highest BCUT2D eigenvalue weighted by atomic mass is 19.1. The van der Waals surface area contributed by atoms with Crippen LogP contribution in [0.5, 0.6) is 0 Å². The minimum atomic E-state index is -0.701. The molecule has 7 heteroatoms. The molecule has 2 aliphatic rings. The van der Waals surface area contributed by atoms with Gasteiger partial charge in [-0.1, -0.05) is 18.2 Å². The molecule has 1 aromatic heterocycles. The normalized spacial score (nSPS) is 17.2. The van der Waals surface area contributed by atoms with E-state index < -0.39 is 11.6 Å². The fraction of sp³-hybridized carbons (Fsp3) is 0.333. The van der Waals surface area contributed by atoms with Crippen LogP contribution in [0.1, 0.15) is 54.3 Å². The molecule has 0 spiro atoms. The second-order valence-corrected chi connectivity index (χ2v) is 9.04. The number of hydrogen-bond acceptors (Lipinski definition) is 4. The Morgan fingerprint density at radius 3 is 2.50 bits per heavy atom. The molecule has 3 heterocycles. The zero-order chi connectivity index (χ0) is 23.8. The highest BCUT2D eigenvalue weighted by Crippen LogP contribution is 2.39. The van der Waals surface area contributed by atoms with Crippen LogP contribution in [0.4, 0.5) is 14.5 Å². The van der Waals surface area contributed by atoms with Crippen molar-refractivity contribution in [3.8, 4) is 11.3 Å². The number of allylic oxidation sites excluding steroid dienone is 1. The summed E-state index contributed by atoms with van der Waals surface area (Å²) in [5.74, 6) is -0.381. The molecule has 2 aliphatic heterocycles. The van der Waals surface area contributed by atoms with Crippen molar-refractivity contribution in [2.45, 2.75) is 45.4 Å². The average molecular weight is 464 g/mol. The number of piperidine rings is 1. The number of halogens is 2. The second-order valence-electron chi connectivity index (χ2n) is 9.04. The van der Waals surface area contributed by atoms with E-state index >= 15 is 0 Å². The van der Waals surface area contributed by atoms with Crippen molar-refractivity contribution in [2.24, 2.45) is 0 Å². The fourth-order valence-electron chi connectivity index (χ4n) is 4.86. The van der Waals surface area contributed by atoms with Crippen LogP contribution >= 0.6 is 0 Å². The lowest BCUT2D eigenvalue weighted by Crippen LogP contribution is -2.30. The summed E-state index contributed by atoms with van der Waals surface area (Å²) in [6.45, 7) is 5.67. The molecule has 2 aromatic carbocycles. The molecule has 5 nitrogen and oxygen atoms in total. The molecule has 0 aliphatic carbocycles. The molecule has 1 saturated heterocycles. The highest BCUT2D eigenvalue weighted by molar-refractivity contribution is 6.01. The minimum Gasteiger partial charge on any atom is -0.440 e. The molecule has 5 rings (SSSR count). The van der Waals surface area contributed by atoms with E-state index in [1.54, 1.807) is 11.1 Å². The number of amides is 1. The zero-order valence-corrected chi connectivity index (χ0v) is 19.3. The first-order valence-electron chi connectivity index (χ1n) is 11.7. The van der Waals surface area contributed by atoms with Gasteiger partial charge in [0.1, 0.15) is 17.3 Å². The van der Waals surface area contributed by atoms with Gasteiger partial charge in [0.2, 0.25) is 5.91 Å². The van der Waals surface area contributed by atoms with Gasteiger partial charge >= 0.3 is 0 Å². The van der Waals surface area contributed by atoms with Gasteiger partial charge in [-0.3, -0.25) is 9.69 Å². The number of benzene rings is 2. The summed E-state index contributed by atoms with van der Waals surface area (Å²) in [6, 6.07) is 9.37. The molecule has 0 unspecified atom stereocenters. The van der Waals surface area contributed by atoms with E-state index in [1.165, 1.54) is 12.1 Å². The van der Waals surface area contributed by atoms with E-state index in [0.717, 1.165) is 54.4 Å². The van der Waals surface area contributed by atoms with Crippen molar-refractivity contribution in [3.05, 3.63) is 76.9 Å². The maximum absolute atomic E-state index is 14.8. The largest absolute Gasteiger partial charge is 0.440 e. The van der Waals surface area contributed by atoms with Gasteiger partial charge in [-0.05, 0) is 75.0 Å². The molecular weight excluding hydrogens is 436 g/mol. The smallest absolute Gasteiger partial charge is 0.231 e. The van der Waals surface area contributed by atoms with Gasteiger partial charge < -0.3 is 9.73 Å². The molecule has 0 radical (unpaired) electrons. The lowest BCUT2D eigenvalue weighted by molar-refractivity contribution is -0.118. The molecule has 1 N–H and O–H groups in total. The Morgan fingerprint density at radius 1 is 1.06 bits per heavy atom. The molecule has 176 valence electrons. The second kappa shape index (κ2) is 9.14. The number of aromatic nitrogens is 1. The van der Waals surface area contributed by atoms with E-state index in [0.29, 0.717) is 24.4 Å². The lowest BCUT2D eigenvalue weighted by Gasteiger charge is -2.27. The summed E-state index contributed by atoms with van der Waals surface area (Å²) >= 11 is 0. The van der Waals surface area contributed by atoms with Gasteiger partial charge in [-0.2, -0.15) is 0 Å². The van der Waals surface area contributed by atoms with E-state index in [9.17, 15) is 13.6 Å². The van der Waals surface area contributed by atoms with E-state index in [-0.39, 0.29) is 23.1 Å². The van der Waals surface area contributed by atoms with Crippen molar-refractivity contribution in [2.75, 3.05) is 18.0 Å². The third kappa shape index (κ3) is 4.16. The van der Waals surface area contributed by atoms with Crippen LogP contribution in [-0.4, -0.2) is 24.0 Å². The van der Waals surface area contributed by atoms with Gasteiger partial charge in [-0.25, -0.2) is 13.8 Å². The number of nitrogens with one attached hydrogen (secondary N) is 1. The summed E-state index contributed by atoms with van der Waals surface area (Å²) < 4.78 is 34.6. The number of aryl methyl sites for hydroxylation is 2. The van der Waals surface area contributed by atoms with E-state index in [2.05, 4.69) is 5.32 Å². The van der Waals surface area contributed by atoms with Gasteiger partial charge in [-0.15, -0.1) is 0 Å². The van der Waals surface area contributed by atoms with Gasteiger partial charge in [0.15, 0.2) is 11.7 Å². The maximum atomic E-state index is 14.8. The van der Waals surface area contributed by atoms with Crippen molar-refractivity contribution in [1.29, 1.82) is 0 Å². The Balaban J connectivity index is 1.64. The lowest BCUT2D eigenvalue weighted by atomic mass is 9.97. The number of nitrogens with zero attached hydrogens (tertiary/aromatic N) is 2. The third-order valence-electron chi connectivity index (χ3n) is 6.65. The molecule has 0 saturated carbocycles. The Kier molecular flexibility index (Phi) is 6.04. The predicted octanol–water partition coefficient (Wildman–Crippen LogP) is 5.87. The van der Waals surface area contributed by atoms with Crippen LogP contribution in [0.15, 0.2) is 47.0 Å². The molecule has 1 amide bonds. The SMILES string of the molecule is Cc1cccc(C)c1N1C=C(c2nc(C3CCNCC3)oc2-c2ccc(F)cc2F)CCC1=O. The number of carbonyl (C=O) groups is 1. The van der Waals surface area contributed by atoms with Crippen LogP contribution in [0.3, 0.4) is 0 Å². The topological polar surface area (TPSA) is 58.4 Å². The standard InChI is InChI=1S/C27H27F2N3O2/c1-16-4-3-5-17(2)25(16)32-15-19(6-9-23(32)33)24-26(21-8-7-20(28)14-22(21)29)34-27(31-24)18-10-12-30-13-11-18/h3-5,7-8,14-15,18,30H,6,9-13H2,1-2H3. The van der Waals surface area contributed by atoms with Crippen LogP contribution < -0.4 is 10.2 Å². The average Bonchev–Trinajstić information content (AvgIpc) is 3.26. The van der Waals surface area contributed by atoms with Crippen LogP contribution in [-0.2, 0) is 4.79 Å². The van der Waals surface area contributed by atoms with Crippen molar-refractivity contribution >= 4 is 17.2 Å². The van der Waals surface area contributed by atoms with Gasteiger partial charge in [0.05, 0.1) is 11.3 Å². The summed E-state index contributed by atoms with van der Waals surface area (Å²) in [4.78, 5) is 19.4. The molecule has 3 aromatic rings. The van der Waals surface area contributed by atoms with Crippen molar-refractivity contribution in [3.63, 3.8) is 0 Å². The molecular formula is C27H27F2N3O2. The van der Waals surface area contributed by atoms with Crippen molar-refractivity contribution in [1.82, 2.24) is 10.3 Å². The summed E-state index contributed by atoms with van der Waals surface area (Å²) in [7, 11) is 0. The quantitative estimate of drug-likeness (QED) is 0.526. The zero-order valence-electron chi connectivity index (χ0n) is 19.3. The number of para-hydroxylation sites is 1. The summed E-state index contributed by atoms with van der Waals surface area (Å²) in [5.41, 5.74) is 4.31. The van der Waals surface area contributed by atoms with Gasteiger partial charge in [0, 0.05) is 24.6 Å². The maximum Gasteiger partial charge on any atom is 0.231 e. The monoisotopic (exact) mass is 463 g/mol. The first kappa shape index (κ1) is 22.5. The summed E-state index contributed by atoms with van der Waals surface area (Å²) in [5, 5.41) is 3.33. The van der Waals surface area contributed by atoms with Gasteiger partial charge in [0.25, 0.3) is 0 Å². The third-order valence-corrected chi connectivity index (χ3v) is 6.65. The van der Waals surface area contributed by atoms with E-state index in [4.69, 9.17) is 9.40 Å².